The van der Waals surface area contributed by atoms with Gasteiger partial charge in [-0.2, -0.15) is 0 Å². The molecule has 7 nitrogen and oxygen atoms in total. The van der Waals surface area contributed by atoms with Crippen LogP contribution in [-0.4, -0.2) is 14.9 Å². The van der Waals surface area contributed by atoms with Crippen LogP contribution >= 0.6 is 11.3 Å². The summed E-state index contributed by atoms with van der Waals surface area (Å²) in [5.41, 5.74) is 7.41. The number of nitrogens with zero attached hydrogens (tertiary/aromatic N) is 3. The first kappa shape index (κ1) is 13.3. The van der Waals surface area contributed by atoms with Crippen LogP contribution in [0, 0.1) is 17.0 Å². The zero-order chi connectivity index (χ0) is 15.0. The van der Waals surface area contributed by atoms with Crippen molar-refractivity contribution in [3.05, 3.63) is 46.0 Å². The molecule has 1 aromatic carbocycles. The highest BCUT2D eigenvalue weighted by Crippen LogP contribution is 2.29. The Bertz CT molecular complexity index is 846. The van der Waals surface area contributed by atoms with Crippen LogP contribution in [0.3, 0.4) is 0 Å². The van der Waals surface area contributed by atoms with Crippen LogP contribution in [0.1, 0.15) is 5.56 Å². The van der Waals surface area contributed by atoms with Crippen molar-refractivity contribution in [2.24, 2.45) is 0 Å². The van der Waals surface area contributed by atoms with Crippen LogP contribution in [-0.2, 0) is 0 Å². The predicted octanol–water partition coefficient (Wildman–Crippen LogP) is 3.23. The second-order valence-corrected chi connectivity index (χ2v) is 5.50. The van der Waals surface area contributed by atoms with Gasteiger partial charge in [-0.3, -0.25) is 10.1 Å². The molecule has 3 aromatic rings. The van der Waals surface area contributed by atoms with Crippen molar-refractivity contribution in [2.75, 3.05) is 11.1 Å². The van der Waals surface area contributed by atoms with Crippen LogP contribution < -0.4 is 11.1 Å². The fraction of sp³-hybridized carbons (Fsp3) is 0.0769. The fourth-order valence-corrected chi connectivity index (χ4v) is 2.86. The van der Waals surface area contributed by atoms with Gasteiger partial charge in [-0.1, -0.05) is 17.4 Å². The molecule has 21 heavy (non-hydrogen) atoms. The maximum Gasteiger partial charge on any atom is 0.311 e. The summed E-state index contributed by atoms with van der Waals surface area (Å²) in [5.74, 6) is 0.302. The number of benzene rings is 1. The van der Waals surface area contributed by atoms with Crippen molar-refractivity contribution in [3.8, 4) is 0 Å². The summed E-state index contributed by atoms with van der Waals surface area (Å²) in [5, 5.41) is 14.4. The van der Waals surface area contributed by atoms with E-state index in [1.165, 1.54) is 23.5 Å². The normalized spacial score (nSPS) is 10.7. The largest absolute Gasteiger partial charge is 0.378 e. The van der Waals surface area contributed by atoms with E-state index in [1.54, 1.807) is 0 Å². The molecule has 2 aromatic heterocycles. The molecule has 0 fully saturated rings. The smallest absolute Gasteiger partial charge is 0.311 e. The number of nitrogens with one attached hydrogen (secondary N) is 1. The predicted molar refractivity (Wildman–Crippen MR) is 82.9 cm³/mol. The van der Waals surface area contributed by atoms with Gasteiger partial charge in [0.25, 0.3) is 0 Å². The molecule has 0 aliphatic carbocycles. The summed E-state index contributed by atoms with van der Waals surface area (Å²) < 4.78 is 1.06. The van der Waals surface area contributed by atoms with E-state index >= 15 is 0 Å². The lowest BCUT2D eigenvalue weighted by Crippen LogP contribution is -2.01. The fourth-order valence-electron chi connectivity index (χ4n) is 1.89. The number of aryl methyl sites for hydroxylation is 1. The zero-order valence-corrected chi connectivity index (χ0v) is 11.8. The molecular formula is C13H11N5O2S. The van der Waals surface area contributed by atoms with E-state index in [9.17, 15) is 10.1 Å². The molecule has 0 saturated carbocycles. The highest BCUT2D eigenvalue weighted by molar-refractivity contribution is 7.22. The second-order valence-electron chi connectivity index (χ2n) is 4.47. The summed E-state index contributed by atoms with van der Waals surface area (Å²) in [6.45, 7) is 2.02. The molecule has 0 atom stereocenters. The van der Waals surface area contributed by atoms with Gasteiger partial charge in [-0.15, -0.1) is 0 Å². The zero-order valence-electron chi connectivity index (χ0n) is 11.0. The minimum Gasteiger partial charge on any atom is -0.378 e. The van der Waals surface area contributed by atoms with Crippen LogP contribution in [0.4, 0.5) is 22.5 Å². The molecule has 0 bridgehead atoms. The minimum absolute atomic E-state index is 0.123. The van der Waals surface area contributed by atoms with Crippen molar-refractivity contribution >= 4 is 44.0 Å². The topological polar surface area (TPSA) is 107 Å². The first-order valence-corrected chi connectivity index (χ1v) is 6.90. The lowest BCUT2D eigenvalue weighted by atomic mass is 10.2. The molecule has 2 heterocycles. The molecule has 0 aliphatic rings. The van der Waals surface area contributed by atoms with Crippen molar-refractivity contribution in [1.82, 2.24) is 9.97 Å². The van der Waals surface area contributed by atoms with Crippen molar-refractivity contribution in [2.45, 2.75) is 6.92 Å². The Morgan fingerprint density at radius 3 is 2.81 bits per heavy atom. The number of aromatic nitrogens is 2. The monoisotopic (exact) mass is 301 g/mol. The lowest BCUT2D eigenvalue weighted by molar-refractivity contribution is -0.384. The number of anilines is 3. The molecule has 8 heteroatoms. The number of thiazole rings is 1. The second kappa shape index (κ2) is 4.98. The Morgan fingerprint density at radius 1 is 1.29 bits per heavy atom. The van der Waals surface area contributed by atoms with E-state index in [4.69, 9.17) is 5.73 Å². The van der Waals surface area contributed by atoms with E-state index < -0.39 is 4.92 Å². The molecule has 0 aliphatic heterocycles. The highest BCUT2D eigenvalue weighted by Gasteiger charge is 2.13. The standard InChI is InChI=1S/C13H11N5O2S/c1-7-2-3-8-10(6-7)21-13(15-8)17-11-5-4-9(18(19)20)12(14)16-11/h2-6H,1H3,(H3,14,15,16,17). The van der Waals surface area contributed by atoms with E-state index in [-0.39, 0.29) is 11.5 Å². The van der Waals surface area contributed by atoms with Crippen LogP contribution in [0.2, 0.25) is 0 Å². The average Bonchev–Trinajstić information content (AvgIpc) is 2.79. The third-order valence-corrected chi connectivity index (χ3v) is 3.81. The molecule has 0 radical (unpaired) electrons. The number of nitro groups is 1. The SMILES string of the molecule is Cc1ccc2nc(Nc3ccc([N+](=O)[O-])c(N)n3)sc2c1. The van der Waals surface area contributed by atoms with Crippen LogP contribution in [0.5, 0.6) is 0 Å². The number of hydrogen-bond acceptors (Lipinski definition) is 7. The summed E-state index contributed by atoms with van der Waals surface area (Å²) in [4.78, 5) is 18.5. The van der Waals surface area contributed by atoms with Gasteiger partial charge in [0.15, 0.2) is 5.13 Å². The van der Waals surface area contributed by atoms with Gasteiger partial charge in [-0.05, 0) is 30.7 Å². The summed E-state index contributed by atoms with van der Waals surface area (Å²) in [6.07, 6.45) is 0. The number of pyridine rings is 1. The van der Waals surface area contributed by atoms with Gasteiger partial charge in [0.2, 0.25) is 5.82 Å². The minimum atomic E-state index is -0.563. The summed E-state index contributed by atoms with van der Waals surface area (Å²) in [6, 6.07) is 8.82. The van der Waals surface area contributed by atoms with Crippen molar-refractivity contribution in [1.29, 1.82) is 0 Å². The Kier molecular flexibility index (Phi) is 3.15. The van der Waals surface area contributed by atoms with Crippen molar-refractivity contribution in [3.63, 3.8) is 0 Å². The number of nitrogens with two attached hydrogens (primary N) is 1. The third-order valence-electron chi connectivity index (χ3n) is 2.88. The van der Waals surface area contributed by atoms with Gasteiger partial charge in [0.05, 0.1) is 15.1 Å². The number of hydrogen-bond donors (Lipinski definition) is 2. The number of fused-ring (bicyclic) bond motifs is 1. The van der Waals surface area contributed by atoms with Gasteiger partial charge in [0, 0.05) is 6.07 Å². The Labute approximate surface area is 123 Å². The molecule has 106 valence electrons. The first-order valence-electron chi connectivity index (χ1n) is 6.08. The molecule has 0 amide bonds. The van der Waals surface area contributed by atoms with Gasteiger partial charge < -0.3 is 11.1 Å². The average molecular weight is 301 g/mol. The highest BCUT2D eigenvalue weighted by atomic mass is 32.1. The van der Waals surface area contributed by atoms with E-state index in [0.717, 1.165) is 15.8 Å². The summed E-state index contributed by atoms with van der Waals surface area (Å²) in [7, 11) is 0. The van der Waals surface area contributed by atoms with Crippen LogP contribution in [0.25, 0.3) is 10.2 Å². The maximum absolute atomic E-state index is 10.7. The van der Waals surface area contributed by atoms with Crippen LogP contribution in [0.15, 0.2) is 30.3 Å². The number of nitrogen functional groups attached to an aromatic ring is 1. The molecule has 3 N–H and O–H groups in total. The first-order chi connectivity index (χ1) is 10.0. The van der Waals surface area contributed by atoms with Gasteiger partial charge in [-0.25, -0.2) is 9.97 Å². The van der Waals surface area contributed by atoms with E-state index in [0.29, 0.717) is 10.9 Å². The molecular weight excluding hydrogens is 290 g/mol. The Morgan fingerprint density at radius 2 is 2.10 bits per heavy atom. The Hall–Kier alpha value is -2.74. The molecule has 0 saturated heterocycles. The maximum atomic E-state index is 10.7. The Balaban J connectivity index is 1.91. The van der Waals surface area contributed by atoms with Crippen molar-refractivity contribution < 1.29 is 4.92 Å². The number of rotatable bonds is 3. The van der Waals surface area contributed by atoms with Gasteiger partial charge in [0.1, 0.15) is 5.82 Å². The third kappa shape index (κ3) is 2.61. The molecule has 0 unspecified atom stereocenters. The molecule has 3 rings (SSSR count). The van der Waals surface area contributed by atoms with Gasteiger partial charge >= 0.3 is 5.69 Å². The van der Waals surface area contributed by atoms with E-state index in [1.807, 2.05) is 19.1 Å². The van der Waals surface area contributed by atoms with E-state index in [2.05, 4.69) is 21.4 Å². The summed E-state index contributed by atoms with van der Waals surface area (Å²) >= 11 is 1.49. The quantitative estimate of drug-likeness (QED) is 0.568. The lowest BCUT2D eigenvalue weighted by Gasteiger charge is -2.02. The molecule has 0 spiro atoms.